The van der Waals surface area contributed by atoms with Crippen LogP contribution in [0.2, 0.25) is 0 Å². The van der Waals surface area contributed by atoms with Gasteiger partial charge < -0.3 is 10.5 Å². The zero-order valence-corrected chi connectivity index (χ0v) is 9.46. The van der Waals surface area contributed by atoms with Crippen LogP contribution in [0.15, 0.2) is 29.2 Å². The van der Waals surface area contributed by atoms with E-state index in [0.717, 1.165) is 0 Å². The molecule has 0 atom stereocenters. The van der Waals surface area contributed by atoms with Crippen molar-refractivity contribution < 1.29 is 13.2 Å². The third-order valence-corrected chi connectivity index (χ3v) is 3.70. The number of benzene rings is 1. The Morgan fingerprint density at radius 1 is 1.33 bits per heavy atom. The van der Waals surface area contributed by atoms with Gasteiger partial charge >= 0.3 is 0 Å². The molecular weight excluding hydrogens is 214 g/mol. The average molecular weight is 229 g/mol. The largest absolute Gasteiger partial charge is 0.398 e. The first-order valence-electron chi connectivity index (χ1n) is 4.73. The van der Waals surface area contributed by atoms with E-state index in [0.29, 0.717) is 6.61 Å². The van der Waals surface area contributed by atoms with Crippen LogP contribution >= 0.6 is 0 Å². The summed E-state index contributed by atoms with van der Waals surface area (Å²) >= 11 is 0. The molecule has 0 aromatic heterocycles. The Hall–Kier alpha value is -1.07. The van der Waals surface area contributed by atoms with Gasteiger partial charge in [-0.15, -0.1) is 0 Å². The summed E-state index contributed by atoms with van der Waals surface area (Å²) < 4.78 is 28.5. The van der Waals surface area contributed by atoms with Crippen LogP contribution < -0.4 is 5.73 Å². The molecule has 1 aromatic rings. The number of hydrogen-bond acceptors (Lipinski definition) is 4. The molecule has 0 radical (unpaired) electrons. The molecule has 0 saturated heterocycles. The Balaban J connectivity index is 2.83. The summed E-state index contributed by atoms with van der Waals surface area (Å²) in [6.45, 7) is 2.54. The number of hydrogen-bond donors (Lipinski definition) is 1. The van der Waals surface area contributed by atoms with E-state index in [4.69, 9.17) is 10.5 Å². The Labute approximate surface area is 90.0 Å². The van der Waals surface area contributed by atoms with E-state index >= 15 is 0 Å². The van der Waals surface area contributed by atoms with E-state index < -0.39 is 9.84 Å². The number of ether oxygens (including phenoxy) is 1. The Bertz CT molecular complexity index is 414. The van der Waals surface area contributed by atoms with Gasteiger partial charge in [-0.2, -0.15) is 0 Å². The summed E-state index contributed by atoms with van der Waals surface area (Å²) in [6, 6.07) is 6.45. The van der Waals surface area contributed by atoms with Gasteiger partial charge in [0.05, 0.1) is 22.9 Å². The van der Waals surface area contributed by atoms with Crippen LogP contribution in [0.3, 0.4) is 0 Å². The molecule has 84 valence electrons. The van der Waals surface area contributed by atoms with Gasteiger partial charge in [0.25, 0.3) is 0 Å². The highest BCUT2D eigenvalue weighted by atomic mass is 32.2. The zero-order chi connectivity index (χ0) is 11.3. The van der Waals surface area contributed by atoms with Gasteiger partial charge in [0.1, 0.15) is 0 Å². The fourth-order valence-electron chi connectivity index (χ4n) is 1.19. The minimum atomic E-state index is -3.31. The maximum atomic E-state index is 11.8. The lowest BCUT2D eigenvalue weighted by Gasteiger charge is -2.06. The third kappa shape index (κ3) is 3.21. The van der Waals surface area contributed by atoms with Crippen LogP contribution in [0.25, 0.3) is 0 Å². The molecule has 0 aliphatic heterocycles. The van der Waals surface area contributed by atoms with Crippen molar-refractivity contribution in [2.75, 3.05) is 24.7 Å². The smallest absolute Gasteiger partial charge is 0.182 e. The minimum absolute atomic E-state index is 0.0327. The lowest BCUT2D eigenvalue weighted by molar-refractivity contribution is 0.163. The van der Waals surface area contributed by atoms with Crippen LogP contribution in [0.1, 0.15) is 6.92 Å². The van der Waals surface area contributed by atoms with Gasteiger partial charge in [-0.05, 0) is 19.1 Å². The fourth-order valence-corrected chi connectivity index (χ4v) is 2.46. The van der Waals surface area contributed by atoms with Crippen molar-refractivity contribution in [2.24, 2.45) is 0 Å². The predicted molar refractivity (Wildman–Crippen MR) is 59.4 cm³/mol. The predicted octanol–water partition coefficient (Wildman–Crippen LogP) is 1.08. The van der Waals surface area contributed by atoms with E-state index in [1.807, 2.05) is 6.92 Å². The lowest BCUT2D eigenvalue weighted by atomic mass is 10.3. The Morgan fingerprint density at radius 3 is 2.60 bits per heavy atom. The number of nitrogen functional groups attached to an aromatic ring is 1. The van der Waals surface area contributed by atoms with Crippen molar-refractivity contribution in [3.05, 3.63) is 24.3 Å². The van der Waals surface area contributed by atoms with Crippen molar-refractivity contribution >= 4 is 15.5 Å². The minimum Gasteiger partial charge on any atom is -0.398 e. The van der Waals surface area contributed by atoms with Crippen molar-refractivity contribution in [3.8, 4) is 0 Å². The molecule has 0 amide bonds. The van der Waals surface area contributed by atoms with Gasteiger partial charge in [-0.1, -0.05) is 12.1 Å². The first kappa shape index (κ1) is 12.0. The second-order valence-corrected chi connectivity index (χ2v) is 5.13. The number of nitrogens with two attached hydrogens (primary N) is 1. The molecule has 0 fully saturated rings. The van der Waals surface area contributed by atoms with Gasteiger partial charge in [-0.3, -0.25) is 0 Å². The molecule has 5 heteroatoms. The van der Waals surface area contributed by atoms with E-state index in [2.05, 4.69) is 0 Å². The average Bonchev–Trinajstić information content (AvgIpc) is 2.18. The first-order valence-corrected chi connectivity index (χ1v) is 6.38. The van der Waals surface area contributed by atoms with E-state index in [-0.39, 0.29) is 22.9 Å². The topological polar surface area (TPSA) is 69.4 Å². The highest BCUT2D eigenvalue weighted by Crippen LogP contribution is 2.18. The highest BCUT2D eigenvalue weighted by Gasteiger charge is 2.16. The van der Waals surface area contributed by atoms with Crippen molar-refractivity contribution in [1.29, 1.82) is 0 Å². The lowest BCUT2D eigenvalue weighted by Crippen LogP contribution is -2.14. The third-order valence-electron chi connectivity index (χ3n) is 1.95. The normalized spacial score (nSPS) is 11.5. The summed E-state index contributed by atoms with van der Waals surface area (Å²) in [7, 11) is -3.31. The number of sulfone groups is 1. The van der Waals surface area contributed by atoms with Crippen molar-refractivity contribution in [2.45, 2.75) is 11.8 Å². The maximum absolute atomic E-state index is 11.8. The number of rotatable bonds is 5. The summed E-state index contributed by atoms with van der Waals surface area (Å²) in [5.41, 5.74) is 5.88. The second-order valence-electron chi connectivity index (χ2n) is 3.05. The molecule has 0 aliphatic rings. The van der Waals surface area contributed by atoms with Gasteiger partial charge in [0, 0.05) is 6.61 Å². The summed E-state index contributed by atoms with van der Waals surface area (Å²) in [6.07, 6.45) is 0. The highest BCUT2D eigenvalue weighted by molar-refractivity contribution is 7.91. The van der Waals surface area contributed by atoms with E-state index in [1.165, 1.54) is 6.07 Å². The molecule has 0 saturated carbocycles. The molecule has 0 heterocycles. The number of anilines is 1. The standard InChI is InChI=1S/C10H15NO3S/c1-2-14-7-8-15(12,13)10-6-4-3-5-9(10)11/h3-6H,2,7-8,11H2,1H3. The summed E-state index contributed by atoms with van der Waals surface area (Å²) in [5.74, 6) is -0.0327. The first-order chi connectivity index (χ1) is 7.08. The molecule has 2 N–H and O–H groups in total. The molecule has 15 heavy (non-hydrogen) atoms. The van der Waals surface area contributed by atoms with Crippen LogP contribution in [0, 0.1) is 0 Å². The summed E-state index contributed by atoms with van der Waals surface area (Å²) in [5, 5.41) is 0. The van der Waals surface area contributed by atoms with Crippen LogP contribution in [0.4, 0.5) is 5.69 Å². The SMILES string of the molecule is CCOCCS(=O)(=O)c1ccccc1N. The maximum Gasteiger partial charge on any atom is 0.182 e. The molecule has 0 spiro atoms. The number of para-hydroxylation sites is 1. The molecule has 0 aliphatic carbocycles. The molecule has 1 rings (SSSR count). The van der Waals surface area contributed by atoms with Crippen molar-refractivity contribution in [3.63, 3.8) is 0 Å². The monoisotopic (exact) mass is 229 g/mol. The molecular formula is C10H15NO3S. The van der Waals surface area contributed by atoms with Gasteiger partial charge in [0.2, 0.25) is 0 Å². The quantitative estimate of drug-likeness (QED) is 0.606. The Kier molecular flexibility index (Phi) is 4.11. The van der Waals surface area contributed by atoms with Gasteiger partial charge in [0.15, 0.2) is 9.84 Å². The molecule has 1 aromatic carbocycles. The Morgan fingerprint density at radius 2 is 2.00 bits per heavy atom. The van der Waals surface area contributed by atoms with Gasteiger partial charge in [-0.25, -0.2) is 8.42 Å². The fraction of sp³-hybridized carbons (Fsp3) is 0.400. The molecule has 0 bridgehead atoms. The van der Waals surface area contributed by atoms with E-state index in [9.17, 15) is 8.42 Å². The summed E-state index contributed by atoms with van der Waals surface area (Å²) in [4.78, 5) is 0.185. The zero-order valence-electron chi connectivity index (χ0n) is 8.64. The molecule has 0 unspecified atom stereocenters. The van der Waals surface area contributed by atoms with Crippen LogP contribution in [-0.2, 0) is 14.6 Å². The van der Waals surface area contributed by atoms with Crippen molar-refractivity contribution in [1.82, 2.24) is 0 Å². The molecule has 4 nitrogen and oxygen atoms in total. The van der Waals surface area contributed by atoms with Crippen LogP contribution in [0.5, 0.6) is 0 Å². The van der Waals surface area contributed by atoms with Crippen LogP contribution in [-0.4, -0.2) is 27.4 Å². The second kappa shape index (κ2) is 5.14. The van der Waals surface area contributed by atoms with E-state index in [1.54, 1.807) is 18.2 Å².